The van der Waals surface area contributed by atoms with E-state index in [1.165, 1.54) is 65.6 Å². The molecule has 3 aromatic carbocycles. The number of hydrogen-bond acceptors (Lipinski definition) is 5. The van der Waals surface area contributed by atoms with Crippen molar-refractivity contribution < 1.29 is 31.5 Å². The van der Waals surface area contributed by atoms with Crippen molar-refractivity contribution in [2.75, 3.05) is 17.9 Å². The zero-order chi connectivity index (χ0) is 27.7. The van der Waals surface area contributed by atoms with Crippen LogP contribution in [0.25, 0.3) is 0 Å². The van der Waals surface area contributed by atoms with Crippen LogP contribution in [0.5, 0.6) is 5.75 Å². The van der Waals surface area contributed by atoms with Crippen LogP contribution in [0.15, 0.2) is 77.7 Å². The van der Waals surface area contributed by atoms with Gasteiger partial charge in [0.05, 0.1) is 4.90 Å². The Bertz CT molecular complexity index is 1330. The predicted octanol–water partition coefficient (Wildman–Crippen LogP) is 4.09. The summed E-state index contributed by atoms with van der Waals surface area (Å²) >= 11 is 0. The molecule has 0 saturated carbocycles. The molecule has 0 bridgehead atoms. The number of ether oxygens (including phenoxy) is 1. The van der Waals surface area contributed by atoms with Gasteiger partial charge in [0.25, 0.3) is 15.9 Å². The molecular weight excluding hydrogens is 516 g/mol. The molecule has 3 rings (SSSR count). The lowest BCUT2D eigenvalue weighted by Crippen LogP contribution is -2.49. The number of nitrogens with zero attached hydrogens (tertiary/aromatic N) is 1. The first-order valence-corrected chi connectivity index (χ1v) is 13.4. The Morgan fingerprint density at radius 3 is 2.08 bits per heavy atom. The molecule has 0 aromatic heterocycles. The highest BCUT2D eigenvalue weighted by Crippen LogP contribution is 2.20. The number of amides is 2. The molecule has 11 heteroatoms. The Morgan fingerprint density at radius 1 is 0.921 bits per heavy atom. The van der Waals surface area contributed by atoms with Crippen molar-refractivity contribution in [2.45, 2.75) is 37.8 Å². The highest BCUT2D eigenvalue weighted by molar-refractivity contribution is 7.92. The molecule has 202 valence electrons. The number of nitrogens with one attached hydrogen (secondary N) is 2. The lowest BCUT2D eigenvalue weighted by atomic mass is 10.1. The Morgan fingerprint density at radius 2 is 1.50 bits per heavy atom. The van der Waals surface area contributed by atoms with E-state index in [0.29, 0.717) is 12.1 Å². The summed E-state index contributed by atoms with van der Waals surface area (Å²) in [7, 11) is -3.93. The van der Waals surface area contributed by atoms with E-state index in [2.05, 4.69) is 10.0 Å². The molecule has 3 aromatic rings. The molecule has 0 spiro atoms. The molecule has 0 fully saturated rings. The van der Waals surface area contributed by atoms with Crippen LogP contribution in [0.4, 0.5) is 14.5 Å². The van der Waals surface area contributed by atoms with Gasteiger partial charge < -0.3 is 15.0 Å². The number of rotatable bonds is 12. The van der Waals surface area contributed by atoms with Gasteiger partial charge in [-0.3, -0.25) is 14.3 Å². The van der Waals surface area contributed by atoms with Crippen LogP contribution in [-0.2, 0) is 26.2 Å². The highest BCUT2D eigenvalue weighted by atomic mass is 32.2. The van der Waals surface area contributed by atoms with Crippen molar-refractivity contribution in [3.8, 4) is 5.75 Å². The van der Waals surface area contributed by atoms with Gasteiger partial charge in [-0.2, -0.15) is 0 Å². The SMILES string of the molecule is CCCNC(=O)C(C)N(Cc1ccc(F)cc1)C(=O)COc1ccc(S(=O)(=O)Nc2ccc(F)cc2)cc1. The molecule has 2 amide bonds. The van der Waals surface area contributed by atoms with Gasteiger partial charge in [0, 0.05) is 18.8 Å². The van der Waals surface area contributed by atoms with Crippen LogP contribution in [-0.4, -0.2) is 44.3 Å². The summed E-state index contributed by atoms with van der Waals surface area (Å²) in [6.45, 7) is 3.63. The van der Waals surface area contributed by atoms with Gasteiger partial charge in [0.2, 0.25) is 5.91 Å². The summed E-state index contributed by atoms with van der Waals surface area (Å²) in [5.41, 5.74) is 0.841. The second kappa shape index (κ2) is 13.0. The summed E-state index contributed by atoms with van der Waals surface area (Å²) in [6, 6.07) is 15.1. The Kier molecular flexibility index (Phi) is 9.78. The molecule has 0 heterocycles. The van der Waals surface area contributed by atoms with E-state index in [1.807, 2.05) is 6.92 Å². The number of benzene rings is 3. The predicted molar refractivity (Wildman–Crippen MR) is 139 cm³/mol. The molecule has 38 heavy (non-hydrogen) atoms. The molecule has 2 N–H and O–H groups in total. The van der Waals surface area contributed by atoms with Gasteiger partial charge in [0.1, 0.15) is 23.4 Å². The third-order valence-electron chi connectivity index (χ3n) is 5.58. The Labute approximate surface area is 220 Å². The lowest BCUT2D eigenvalue weighted by Gasteiger charge is -2.28. The average Bonchev–Trinajstić information content (AvgIpc) is 2.91. The summed E-state index contributed by atoms with van der Waals surface area (Å²) in [5, 5.41) is 2.76. The second-order valence-corrected chi connectivity index (χ2v) is 10.2. The molecule has 1 unspecified atom stereocenters. The van der Waals surface area contributed by atoms with Crippen LogP contribution >= 0.6 is 0 Å². The average molecular weight is 546 g/mol. The van der Waals surface area contributed by atoms with Gasteiger partial charge >= 0.3 is 0 Å². The smallest absolute Gasteiger partial charge is 0.261 e. The molecule has 1 atom stereocenters. The Hall–Kier alpha value is -3.99. The number of carbonyl (C=O) groups is 2. The molecule has 0 aliphatic carbocycles. The van der Waals surface area contributed by atoms with E-state index in [4.69, 9.17) is 4.74 Å². The maximum absolute atomic E-state index is 13.3. The minimum absolute atomic E-state index is 0.0559. The fourth-order valence-corrected chi connectivity index (χ4v) is 4.50. The summed E-state index contributed by atoms with van der Waals surface area (Å²) < 4.78 is 59.5. The largest absolute Gasteiger partial charge is 0.484 e. The van der Waals surface area contributed by atoms with Crippen molar-refractivity contribution in [1.82, 2.24) is 10.2 Å². The molecule has 0 aliphatic rings. The van der Waals surface area contributed by atoms with Crippen LogP contribution in [0, 0.1) is 11.6 Å². The molecule has 0 saturated heterocycles. The first-order chi connectivity index (χ1) is 18.1. The van der Waals surface area contributed by atoms with E-state index < -0.39 is 40.2 Å². The van der Waals surface area contributed by atoms with Crippen LogP contribution in [0.2, 0.25) is 0 Å². The van der Waals surface area contributed by atoms with E-state index in [9.17, 15) is 26.8 Å². The number of anilines is 1. The van der Waals surface area contributed by atoms with Crippen LogP contribution in [0.3, 0.4) is 0 Å². The topological polar surface area (TPSA) is 105 Å². The normalized spacial score (nSPS) is 11.9. The van der Waals surface area contributed by atoms with Crippen molar-refractivity contribution in [3.05, 3.63) is 90.0 Å². The second-order valence-electron chi connectivity index (χ2n) is 8.49. The fraction of sp³-hybridized carbons (Fsp3) is 0.259. The van der Waals surface area contributed by atoms with E-state index in [-0.39, 0.29) is 28.8 Å². The standard InChI is InChI=1S/C27H29F2N3O5S/c1-3-16-30-27(34)19(2)32(17-20-4-6-21(28)7-5-20)26(33)18-37-24-12-14-25(15-13-24)38(35,36)31-23-10-8-22(29)9-11-23/h4-15,19,31H,3,16-18H2,1-2H3,(H,30,34). The quantitative estimate of drug-likeness (QED) is 0.357. The lowest BCUT2D eigenvalue weighted by molar-refractivity contribution is -0.142. The van der Waals surface area contributed by atoms with Crippen molar-refractivity contribution in [3.63, 3.8) is 0 Å². The number of hydrogen-bond donors (Lipinski definition) is 2. The molecule has 0 radical (unpaired) electrons. The van der Waals surface area contributed by atoms with E-state index in [0.717, 1.165) is 18.6 Å². The number of halogens is 2. The Balaban J connectivity index is 1.67. The first kappa shape index (κ1) is 28.6. The van der Waals surface area contributed by atoms with Crippen LogP contribution < -0.4 is 14.8 Å². The van der Waals surface area contributed by atoms with Gasteiger partial charge in [-0.1, -0.05) is 19.1 Å². The van der Waals surface area contributed by atoms with Gasteiger partial charge in [-0.15, -0.1) is 0 Å². The maximum Gasteiger partial charge on any atom is 0.261 e. The maximum atomic E-state index is 13.3. The molecule has 8 nitrogen and oxygen atoms in total. The van der Waals surface area contributed by atoms with Crippen molar-refractivity contribution >= 4 is 27.5 Å². The van der Waals surface area contributed by atoms with Gasteiger partial charge in [-0.05, 0) is 79.6 Å². The van der Waals surface area contributed by atoms with Gasteiger partial charge in [0.15, 0.2) is 6.61 Å². The minimum Gasteiger partial charge on any atom is -0.484 e. The highest BCUT2D eigenvalue weighted by Gasteiger charge is 2.26. The van der Waals surface area contributed by atoms with Gasteiger partial charge in [-0.25, -0.2) is 17.2 Å². The zero-order valence-electron chi connectivity index (χ0n) is 21.0. The summed E-state index contributed by atoms with van der Waals surface area (Å²) in [6.07, 6.45) is 0.735. The number of carbonyl (C=O) groups excluding carboxylic acids is 2. The van der Waals surface area contributed by atoms with E-state index >= 15 is 0 Å². The van der Waals surface area contributed by atoms with Crippen molar-refractivity contribution in [1.29, 1.82) is 0 Å². The third-order valence-corrected chi connectivity index (χ3v) is 6.97. The summed E-state index contributed by atoms with van der Waals surface area (Å²) in [5.74, 6) is -1.48. The summed E-state index contributed by atoms with van der Waals surface area (Å²) in [4.78, 5) is 26.9. The van der Waals surface area contributed by atoms with E-state index in [1.54, 1.807) is 6.92 Å². The van der Waals surface area contributed by atoms with Crippen LogP contribution in [0.1, 0.15) is 25.8 Å². The fourth-order valence-electron chi connectivity index (χ4n) is 3.44. The van der Waals surface area contributed by atoms with Crippen molar-refractivity contribution in [2.24, 2.45) is 0 Å². The molecule has 0 aliphatic heterocycles. The zero-order valence-corrected chi connectivity index (χ0v) is 21.8. The number of sulfonamides is 1. The monoisotopic (exact) mass is 545 g/mol. The molecular formula is C27H29F2N3O5S. The minimum atomic E-state index is -3.93. The first-order valence-electron chi connectivity index (χ1n) is 11.9. The third kappa shape index (κ3) is 8.01.